The van der Waals surface area contributed by atoms with E-state index < -0.39 is 0 Å². The van der Waals surface area contributed by atoms with Crippen molar-refractivity contribution in [1.82, 2.24) is 4.90 Å². The first-order valence-corrected chi connectivity index (χ1v) is 9.70. The van der Waals surface area contributed by atoms with Crippen molar-refractivity contribution in [3.8, 4) is 11.5 Å². The molecular weight excluding hydrogens is 374 g/mol. The summed E-state index contributed by atoms with van der Waals surface area (Å²) in [5.41, 5.74) is 2.28. The average Bonchev–Trinajstić information content (AvgIpc) is 2.67. The summed E-state index contributed by atoms with van der Waals surface area (Å²) in [5.74, 6) is 1.69. The number of carbonyl (C=O) groups excluding carboxylic acids is 1. The van der Waals surface area contributed by atoms with Crippen molar-refractivity contribution in [2.45, 2.75) is 20.0 Å². The van der Waals surface area contributed by atoms with E-state index in [9.17, 15) is 4.79 Å². The van der Waals surface area contributed by atoms with Gasteiger partial charge >= 0.3 is 0 Å². The summed E-state index contributed by atoms with van der Waals surface area (Å²) in [6, 6.07) is 16.0. The molecule has 2 aromatic rings. The van der Waals surface area contributed by atoms with Crippen LogP contribution in [0.1, 0.15) is 18.1 Å². The fourth-order valence-electron chi connectivity index (χ4n) is 2.69. The summed E-state index contributed by atoms with van der Waals surface area (Å²) < 4.78 is 10.6. The van der Waals surface area contributed by atoms with Crippen molar-refractivity contribution in [3.63, 3.8) is 0 Å². The largest absolute Gasteiger partial charge is 0.497 e. The van der Waals surface area contributed by atoms with Gasteiger partial charge in [-0.1, -0.05) is 24.3 Å². The average molecular weight is 398 g/mol. The fraction of sp³-hybridized carbons (Fsp3) is 0.286. The van der Waals surface area contributed by atoms with Gasteiger partial charge in [-0.2, -0.15) is 4.99 Å². The molecule has 0 saturated heterocycles. The van der Waals surface area contributed by atoms with Crippen LogP contribution in [-0.2, 0) is 17.9 Å². The third-order valence-electron chi connectivity index (χ3n) is 4.12. The van der Waals surface area contributed by atoms with Crippen LogP contribution in [0.15, 0.2) is 58.5 Å². The Labute approximate surface area is 169 Å². The zero-order chi connectivity index (χ0) is 19.9. The second-order valence-electron chi connectivity index (χ2n) is 6.35. The molecule has 0 unspecified atom stereocenters. The first-order valence-electron chi connectivity index (χ1n) is 8.88. The van der Waals surface area contributed by atoms with Crippen molar-refractivity contribution in [2.24, 2.45) is 9.98 Å². The number of Topliss-reactive ketones (excluding diaryl/α,β-unsaturated/α-hetero) is 1. The van der Waals surface area contributed by atoms with Crippen LogP contribution in [0.5, 0.6) is 11.5 Å². The van der Waals surface area contributed by atoms with Gasteiger partial charge in [-0.15, -0.1) is 0 Å². The number of ether oxygens (including phenoxy) is 2. The van der Waals surface area contributed by atoms with Crippen LogP contribution in [0, 0.1) is 0 Å². The molecule has 3 rings (SSSR count). The number of aliphatic imine (C=N–C) groups is 2. The van der Waals surface area contributed by atoms with E-state index in [1.807, 2.05) is 42.5 Å². The molecular formula is C21H23N3O3S. The van der Waals surface area contributed by atoms with Crippen molar-refractivity contribution in [2.75, 3.05) is 20.8 Å². The summed E-state index contributed by atoms with van der Waals surface area (Å²) >= 11 is 1.50. The van der Waals surface area contributed by atoms with E-state index in [2.05, 4.69) is 21.0 Å². The third-order valence-corrected chi connectivity index (χ3v) is 5.06. The van der Waals surface area contributed by atoms with Crippen LogP contribution >= 0.6 is 11.8 Å². The maximum atomic E-state index is 11.1. The molecule has 0 amide bonds. The lowest BCUT2D eigenvalue weighted by atomic mass is 10.1. The van der Waals surface area contributed by atoms with Crippen molar-refractivity contribution >= 4 is 27.9 Å². The SMILES string of the molecule is COc1ccc(CN(Cc2cccc(OC)c2)C2=NC(=NCC(C)=O)S2)cc1. The van der Waals surface area contributed by atoms with Crippen LogP contribution < -0.4 is 9.47 Å². The van der Waals surface area contributed by atoms with Crippen LogP contribution in [-0.4, -0.2) is 41.8 Å². The number of carbonyl (C=O) groups is 1. The first kappa shape index (κ1) is 19.9. The van der Waals surface area contributed by atoms with E-state index >= 15 is 0 Å². The van der Waals surface area contributed by atoms with Crippen molar-refractivity contribution in [3.05, 3.63) is 59.7 Å². The normalized spacial score (nSPS) is 14.2. The minimum Gasteiger partial charge on any atom is -0.497 e. The summed E-state index contributed by atoms with van der Waals surface area (Å²) in [5, 5.41) is 1.54. The van der Waals surface area contributed by atoms with Crippen molar-refractivity contribution < 1.29 is 14.3 Å². The topological polar surface area (TPSA) is 63.5 Å². The van der Waals surface area contributed by atoms with E-state index in [1.54, 1.807) is 14.2 Å². The monoisotopic (exact) mass is 397 g/mol. The molecule has 0 bridgehead atoms. The van der Waals surface area contributed by atoms with E-state index in [0.29, 0.717) is 18.3 Å². The summed E-state index contributed by atoms with van der Waals surface area (Å²) in [7, 11) is 3.32. The predicted octanol–water partition coefficient (Wildman–Crippen LogP) is 3.75. The summed E-state index contributed by atoms with van der Waals surface area (Å²) in [6.07, 6.45) is 0. The zero-order valence-electron chi connectivity index (χ0n) is 16.2. The second-order valence-corrected chi connectivity index (χ2v) is 7.29. The standard InChI is InChI=1S/C21H23N3O3S/c1-15(25)12-22-20-23-21(28-20)24(13-16-7-9-18(26-2)10-8-16)14-17-5-4-6-19(11-17)27-3/h4-11H,12-14H2,1-3H3. The molecule has 1 heterocycles. The van der Waals surface area contributed by atoms with E-state index in [4.69, 9.17) is 9.47 Å². The number of hydrogen-bond acceptors (Lipinski definition) is 6. The predicted molar refractivity (Wildman–Crippen MR) is 113 cm³/mol. The molecule has 28 heavy (non-hydrogen) atoms. The number of nitrogens with zero attached hydrogens (tertiary/aromatic N) is 3. The van der Waals surface area contributed by atoms with E-state index in [0.717, 1.165) is 27.8 Å². The van der Waals surface area contributed by atoms with Gasteiger partial charge in [0.25, 0.3) is 0 Å². The van der Waals surface area contributed by atoms with Gasteiger partial charge in [0.1, 0.15) is 18.0 Å². The van der Waals surface area contributed by atoms with E-state index in [1.165, 1.54) is 18.7 Å². The molecule has 1 aliphatic heterocycles. The van der Waals surface area contributed by atoms with Gasteiger partial charge in [-0.3, -0.25) is 9.79 Å². The Kier molecular flexibility index (Phi) is 6.71. The van der Waals surface area contributed by atoms with Crippen LogP contribution in [0.2, 0.25) is 0 Å². The van der Waals surface area contributed by atoms with Gasteiger partial charge in [-0.05, 0) is 54.1 Å². The number of rotatable bonds is 8. The molecule has 2 aromatic carbocycles. The van der Waals surface area contributed by atoms with Gasteiger partial charge in [0.05, 0.1) is 14.2 Å². The molecule has 0 spiro atoms. The Balaban J connectivity index is 1.78. The van der Waals surface area contributed by atoms with Gasteiger partial charge in [0, 0.05) is 13.1 Å². The van der Waals surface area contributed by atoms with Crippen molar-refractivity contribution in [1.29, 1.82) is 0 Å². The molecule has 0 aliphatic carbocycles. The van der Waals surface area contributed by atoms with Gasteiger partial charge in [0.2, 0.25) is 0 Å². The molecule has 0 N–H and O–H groups in total. The number of amidine groups is 2. The lowest BCUT2D eigenvalue weighted by Gasteiger charge is -2.29. The summed E-state index contributed by atoms with van der Waals surface area (Å²) in [4.78, 5) is 22.0. The molecule has 0 aromatic heterocycles. The lowest BCUT2D eigenvalue weighted by molar-refractivity contribution is -0.115. The Hall–Kier alpha value is -2.80. The highest BCUT2D eigenvalue weighted by Crippen LogP contribution is 2.27. The smallest absolute Gasteiger partial charge is 0.193 e. The Morgan fingerprint density at radius 1 is 1.04 bits per heavy atom. The molecule has 1 aliphatic rings. The quantitative estimate of drug-likeness (QED) is 0.679. The molecule has 7 heteroatoms. The maximum Gasteiger partial charge on any atom is 0.193 e. The van der Waals surface area contributed by atoms with Gasteiger partial charge < -0.3 is 14.4 Å². The van der Waals surface area contributed by atoms with Crippen LogP contribution in [0.3, 0.4) is 0 Å². The highest BCUT2D eigenvalue weighted by Gasteiger charge is 2.24. The van der Waals surface area contributed by atoms with Gasteiger partial charge in [-0.25, -0.2) is 0 Å². The Morgan fingerprint density at radius 2 is 1.71 bits per heavy atom. The number of thioether (sulfide) groups is 1. The summed E-state index contributed by atoms with van der Waals surface area (Å²) in [6.45, 7) is 3.09. The minimum atomic E-state index is 0.0308. The lowest BCUT2D eigenvalue weighted by Crippen LogP contribution is -2.33. The molecule has 0 radical (unpaired) electrons. The van der Waals surface area contributed by atoms with Crippen LogP contribution in [0.25, 0.3) is 0 Å². The molecule has 146 valence electrons. The third kappa shape index (κ3) is 5.36. The number of benzene rings is 2. The molecule has 0 atom stereocenters. The first-order chi connectivity index (χ1) is 13.6. The van der Waals surface area contributed by atoms with Gasteiger partial charge in [0.15, 0.2) is 16.1 Å². The molecule has 0 fully saturated rings. The number of hydrogen-bond donors (Lipinski definition) is 0. The Bertz CT molecular complexity index is 894. The fourth-order valence-corrected chi connectivity index (χ4v) is 3.37. The highest BCUT2D eigenvalue weighted by atomic mass is 32.2. The number of methoxy groups -OCH3 is 2. The van der Waals surface area contributed by atoms with Crippen LogP contribution in [0.4, 0.5) is 0 Å². The maximum absolute atomic E-state index is 11.1. The highest BCUT2D eigenvalue weighted by molar-refractivity contribution is 8.28. The zero-order valence-corrected chi connectivity index (χ0v) is 17.0. The molecule has 0 saturated carbocycles. The second kappa shape index (κ2) is 9.41. The molecule has 6 nitrogen and oxygen atoms in total. The van der Waals surface area contributed by atoms with E-state index in [-0.39, 0.29) is 12.3 Å². The number of ketones is 1. The minimum absolute atomic E-state index is 0.0308. The Morgan fingerprint density at radius 3 is 2.36 bits per heavy atom.